The molecule has 0 radical (unpaired) electrons. The Bertz CT molecular complexity index is 282. The number of aliphatic hydroxyl groups is 1. The van der Waals surface area contributed by atoms with Crippen LogP contribution in [0.3, 0.4) is 0 Å². The van der Waals surface area contributed by atoms with Crippen molar-refractivity contribution in [3.8, 4) is 0 Å². The first-order chi connectivity index (χ1) is 6.20. The molecule has 0 aliphatic heterocycles. The Morgan fingerprint density at radius 3 is 2.38 bits per heavy atom. The van der Waals surface area contributed by atoms with Crippen LogP contribution >= 0.6 is 8.38 Å². The van der Waals surface area contributed by atoms with E-state index in [0.717, 1.165) is 5.56 Å². The maximum absolute atomic E-state index is 8.98. The highest BCUT2D eigenvalue weighted by atomic mass is 31.2. The van der Waals surface area contributed by atoms with Crippen LogP contribution in [-0.2, 0) is 6.42 Å². The lowest BCUT2D eigenvalue weighted by Crippen LogP contribution is -1.83. The van der Waals surface area contributed by atoms with Gasteiger partial charge in [-0.3, -0.25) is 0 Å². The molecule has 1 rings (SSSR count). The molecule has 0 atom stereocenters. The molecule has 0 amide bonds. The summed E-state index contributed by atoms with van der Waals surface area (Å²) in [6.07, 6.45) is 1.91. The second kappa shape index (κ2) is 4.97. The van der Waals surface area contributed by atoms with Gasteiger partial charge in [0.2, 0.25) is 8.38 Å². The lowest BCUT2D eigenvalue weighted by Gasteiger charge is -2.00. The molecule has 4 heteroatoms. The highest BCUT2D eigenvalue weighted by Gasteiger charge is 2.03. The molecule has 0 spiro atoms. The molecule has 70 valence electrons. The Hall–Kier alpha value is -0.890. The Morgan fingerprint density at radius 2 is 1.85 bits per heavy atom. The molecular formula is C9H11O3P. The van der Waals surface area contributed by atoms with Gasteiger partial charge in [-0.15, -0.1) is 0 Å². The summed E-state index contributed by atoms with van der Waals surface area (Å²) in [6, 6.07) is 9.49. The predicted molar refractivity (Wildman–Crippen MR) is 52.2 cm³/mol. The van der Waals surface area contributed by atoms with Crippen LogP contribution in [0.1, 0.15) is 5.56 Å². The van der Waals surface area contributed by atoms with Crippen molar-refractivity contribution in [2.75, 3.05) is 0 Å². The summed E-state index contributed by atoms with van der Waals surface area (Å²) < 4.78 is 0. The fraction of sp³-hybridized carbons (Fsp3) is 0.111. The van der Waals surface area contributed by atoms with Crippen LogP contribution in [0.25, 0.3) is 0 Å². The molecule has 0 fully saturated rings. The minimum Gasteiger partial charge on any atom is -0.503 e. The molecule has 1 aromatic rings. The minimum absolute atomic E-state index is 0.348. The van der Waals surface area contributed by atoms with Crippen molar-refractivity contribution in [1.29, 1.82) is 0 Å². The standard InChI is InChI=1S/C9H11O3P/c10-9(13(11)12)7-6-8-4-2-1-3-5-8/h1-5,7,10-12H,6H2. The summed E-state index contributed by atoms with van der Waals surface area (Å²) in [4.78, 5) is 17.2. The van der Waals surface area contributed by atoms with Crippen molar-refractivity contribution in [2.24, 2.45) is 0 Å². The molecule has 0 saturated heterocycles. The molecule has 1 aromatic carbocycles. The minimum atomic E-state index is -2.34. The lowest BCUT2D eigenvalue weighted by molar-refractivity contribution is 0.400. The van der Waals surface area contributed by atoms with Crippen LogP contribution in [0.15, 0.2) is 41.9 Å². The van der Waals surface area contributed by atoms with E-state index >= 15 is 0 Å². The van der Waals surface area contributed by atoms with Crippen LogP contribution in [0, 0.1) is 0 Å². The van der Waals surface area contributed by atoms with Crippen molar-refractivity contribution in [3.63, 3.8) is 0 Å². The molecule has 3 N–H and O–H groups in total. The molecule has 0 aromatic heterocycles. The second-order valence-corrected chi connectivity index (χ2v) is 3.58. The number of rotatable bonds is 3. The van der Waals surface area contributed by atoms with Gasteiger partial charge >= 0.3 is 0 Å². The summed E-state index contributed by atoms with van der Waals surface area (Å²) in [5.74, 6) is 0. The summed E-state index contributed by atoms with van der Waals surface area (Å²) >= 11 is 0. The number of hydrogen-bond donors (Lipinski definition) is 3. The van der Waals surface area contributed by atoms with E-state index in [4.69, 9.17) is 14.9 Å². The Morgan fingerprint density at radius 1 is 1.23 bits per heavy atom. The first-order valence-electron chi connectivity index (χ1n) is 3.81. The quantitative estimate of drug-likeness (QED) is 0.513. The maximum Gasteiger partial charge on any atom is 0.236 e. The van der Waals surface area contributed by atoms with Gasteiger partial charge in [-0.1, -0.05) is 30.3 Å². The smallest absolute Gasteiger partial charge is 0.236 e. The molecule has 0 heterocycles. The molecule has 3 nitrogen and oxygen atoms in total. The van der Waals surface area contributed by atoms with Gasteiger partial charge in [-0.25, -0.2) is 0 Å². The predicted octanol–water partition coefficient (Wildman–Crippen LogP) is 1.93. The average molecular weight is 198 g/mol. The van der Waals surface area contributed by atoms with Crippen LogP contribution in [-0.4, -0.2) is 14.9 Å². The van der Waals surface area contributed by atoms with Crippen LogP contribution in [0.4, 0.5) is 0 Å². The highest BCUT2D eigenvalue weighted by Crippen LogP contribution is 2.32. The van der Waals surface area contributed by atoms with Gasteiger partial charge in [0.15, 0.2) is 5.50 Å². The lowest BCUT2D eigenvalue weighted by atomic mass is 10.2. The van der Waals surface area contributed by atoms with Crippen LogP contribution < -0.4 is 0 Å². The Kier molecular flexibility index (Phi) is 3.90. The first kappa shape index (κ1) is 10.2. The van der Waals surface area contributed by atoms with E-state index in [-0.39, 0.29) is 5.50 Å². The number of allylic oxidation sites excluding steroid dienone is 1. The second-order valence-electron chi connectivity index (χ2n) is 2.54. The monoisotopic (exact) mass is 198 g/mol. The maximum atomic E-state index is 8.98. The first-order valence-corrected chi connectivity index (χ1v) is 5.06. The third kappa shape index (κ3) is 3.55. The zero-order valence-corrected chi connectivity index (χ0v) is 7.85. The summed E-state index contributed by atoms with van der Waals surface area (Å²) in [5, 5.41) is 8.98. The molecule has 0 bridgehead atoms. The highest BCUT2D eigenvalue weighted by molar-refractivity contribution is 7.49. The van der Waals surface area contributed by atoms with Crippen molar-refractivity contribution in [1.82, 2.24) is 0 Å². The molecular weight excluding hydrogens is 187 g/mol. The van der Waals surface area contributed by atoms with Crippen LogP contribution in [0.2, 0.25) is 0 Å². The van der Waals surface area contributed by atoms with Crippen molar-refractivity contribution >= 4 is 8.38 Å². The number of hydrogen-bond acceptors (Lipinski definition) is 3. The van der Waals surface area contributed by atoms with E-state index in [0.29, 0.717) is 6.42 Å². The zero-order chi connectivity index (χ0) is 9.68. The van der Waals surface area contributed by atoms with Crippen molar-refractivity contribution in [3.05, 3.63) is 47.5 Å². The summed E-state index contributed by atoms with van der Waals surface area (Å²) in [5.41, 5.74) is 0.671. The molecule has 0 unspecified atom stereocenters. The Balaban J connectivity index is 2.57. The zero-order valence-electron chi connectivity index (χ0n) is 6.96. The summed E-state index contributed by atoms with van der Waals surface area (Å²) in [7, 11) is -2.34. The van der Waals surface area contributed by atoms with Gasteiger partial charge < -0.3 is 14.9 Å². The van der Waals surface area contributed by atoms with Gasteiger partial charge in [-0.05, 0) is 18.1 Å². The van der Waals surface area contributed by atoms with Gasteiger partial charge in [0.1, 0.15) is 0 Å². The van der Waals surface area contributed by atoms with E-state index in [1.165, 1.54) is 6.08 Å². The van der Waals surface area contributed by atoms with Crippen LogP contribution in [0.5, 0.6) is 0 Å². The largest absolute Gasteiger partial charge is 0.503 e. The fourth-order valence-corrected chi connectivity index (χ4v) is 1.16. The normalized spacial score (nSPS) is 12.1. The molecule has 0 aliphatic rings. The third-order valence-electron chi connectivity index (χ3n) is 1.57. The van der Waals surface area contributed by atoms with E-state index in [2.05, 4.69) is 0 Å². The summed E-state index contributed by atoms with van der Waals surface area (Å²) in [6.45, 7) is 0. The molecule has 0 saturated carbocycles. The van der Waals surface area contributed by atoms with E-state index < -0.39 is 8.38 Å². The van der Waals surface area contributed by atoms with Crippen molar-refractivity contribution in [2.45, 2.75) is 6.42 Å². The van der Waals surface area contributed by atoms with Gasteiger partial charge in [0.05, 0.1) is 0 Å². The van der Waals surface area contributed by atoms with E-state index in [9.17, 15) is 0 Å². The van der Waals surface area contributed by atoms with E-state index in [1.54, 1.807) is 0 Å². The molecule has 0 aliphatic carbocycles. The topological polar surface area (TPSA) is 60.7 Å². The fourth-order valence-electron chi connectivity index (χ4n) is 0.905. The van der Waals surface area contributed by atoms with Gasteiger partial charge in [0.25, 0.3) is 0 Å². The average Bonchev–Trinajstić information content (AvgIpc) is 2.15. The third-order valence-corrected chi connectivity index (χ3v) is 2.16. The Labute approximate surface area is 77.9 Å². The van der Waals surface area contributed by atoms with Gasteiger partial charge in [-0.2, -0.15) is 0 Å². The number of benzene rings is 1. The number of aliphatic hydroxyl groups excluding tert-OH is 1. The van der Waals surface area contributed by atoms with E-state index in [1.807, 2.05) is 30.3 Å². The molecule has 13 heavy (non-hydrogen) atoms. The van der Waals surface area contributed by atoms with Crippen molar-refractivity contribution < 1.29 is 14.9 Å². The van der Waals surface area contributed by atoms with Gasteiger partial charge in [0, 0.05) is 0 Å². The SMILES string of the molecule is OC(=CCc1ccccc1)P(O)O.